The molecule has 0 atom stereocenters. The second-order valence-electron chi connectivity index (χ2n) is 6.44. The molecule has 11 heteroatoms. The van der Waals surface area contributed by atoms with Crippen LogP contribution in [0.4, 0.5) is 24.5 Å². The van der Waals surface area contributed by atoms with Crippen molar-refractivity contribution in [2.75, 3.05) is 22.4 Å². The molecule has 0 saturated heterocycles. The van der Waals surface area contributed by atoms with Gasteiger partial charge in [-0.1, -0.05) is 18.2 Å². The van der Waals surface area contributed by atoms with Crippen molar-refractivity contribution in [3.8, 4) is 0 Å². The maximum Gasteiger partial charge on any atom is 0.416 e. The minimum absolute atomic E-state index is 0.0356. The van der Waals surface area contributed by atoms with E-state index in [1.54, 1.807) is 12.1 Å². The summed E-state index contributed by atoms with van der Waals surface area (Å²) in [6.45, 7) is -0.203. The summed E-state index contributed by atoms with van der Waals surface area (Å²) in [7, 11) is -3.88. The van der Waals surface area contributed by atoms with Crippen LogP contribution in [-0.2, 0) is 21.0 Å². The van der Waals surface area contributed by atoms with Gasteiger partial charge < -0.3 is 11.1 Å². The zero-order valence-electron chi connectivity index (χ0n) is 15.9. The van der Waals surface area contributed by atoms with E-state index < -0.39 is 33.6 Å². The van der Waals surface area contributed by atoms with Crippen LogP contribution in [0.2, 0.25) is 0 Å². The van der Waals surface area contributed by atoms with E-state index in [1.165, 1.54) is 18.2 Å². The third-order valence-electron chi connectivity index (χ3n) is 4.09. The maximum absolute atomic E-state index is 12.9. The van der Waals surface area contributed by atoms with Crippen molar-refractivity contribution < 1.29 is 31.2 Å². The Balaban J connectivity index is 2.08. The zero-order chi connectivity index (χ0) is 22.5. The van der Waals surface area contributed by atoms with Gasteiger partial charge in [-0.15, -0.1) is 0 Å². The molecule has 0 aromatic heterocycles. The average Bonchev–Trinajstić information content (AvgIpc) is 2.64. The molecular weight excluding hydrogens is 423 g/mol. The highest BCUT2D eigenvalue weighted by Gasteiger charge is 2.31. The summed E-state index contributed by atoms with van der Waals surface area (Å²) in [5.74, 6) is -1.22. The lowest BCUT2D eigenvalue weighted by molar-refractivity contribution is -0.137. The molecule has 0 bridgehead atoms. The van der Waals surface area contributed by atoms with Crippen molar-refractivity contribution >= 4 is 33.2 Å². The Labute approximate surface area is 171 Å². The Hall–Kier alpha value is -3.08. The number of nitrogens with one attached hydrogen (secondary N) is 1. The number of anilines is 2. The molecule has 0 aliphatic heterocycles. The van der Waals surface area contributed by atoms with E-state index in [9.17, 15) is 31.2 Å². The fraction of sp³-hybridized carbons (Fsp3) is 0.263. The number of hydrogen-bond donors (Lipinski definition) is 2. The van der Waals surface area contributed by atoms with Crippen molar-refractivity contribution in [3.05, 3.63) is 59.7 Å². The first-order valence-corrected chi connectivity index (χ1v) is 10.6. The first-order valence-electron chi connectivity index (χ1n) is 8.73. The number of benzene rings is 2. The molecule has 0 unspecified atom stereocenters. The minimum atomic E-state index is -4.62. The number of sulfonamides is 1. The molecule has 162 valence electrons. The second kappa shape index (κ2) is 9.16. The molecule has 0 fully saturated rings. The average molecular weight is 443 g/mol. The molecule has 2 aromatic rings. The van der Waals surface area contributed by atoms with Crippen LogP contribution in [0.1, 0.15) is 28.8 Å². The lowest BCUT2D eigenvalue weighted by Crippen LogP contribution is -2.31. The van der Waals surface area contributed by atoms with Gasteiger partial charge in [0.25, 0.3) is 5.91 Å². The number of carbonyl (C=O) groups is 2. The molecule has 0 spiro atoms. The maximum atomic E-state index is 12.9. The second-order valence-corrected chi connectivity index (χ2v) is 8.35. The number of carbonyl (C=O) groups excluding carboxylic acids is 2. The van der Waals surface area contributed by atoms with Crippen LogP contribution in [0.5, 0.6) is 0 Å². The summed E-state index contributed by atoms with van der Waals surface area (Å²) >= 11 is 0. The molecule has 2 rings (SSSR count). The SMILES string of the molecule is CS(=O)(=O)N(CCCC(=O)Nc1ccccc1C(N)=O)c1cccc(C(F)(F)F)c1. The number of alkyl halides is 3. The summed E-state index contributed by atoms with van der Waals surface area (Å²) in [6, 6.07) is 10.1. The van der Waals surface area contributed by atoms with Crippen LogP contribution in [0.15, 0.2) is 48.5 Å². The van der Waals surface area contributed by atoms with E-state index in [-0.39, 0.29) is 36.3 Å². The number of para-hydroxylation sites is 1. The molecule has 0 aliphatic carbocycles. The fourth-order valence-corrected chi connectivity index (χ4v) is 3.68. The van der Waals surface area contributed by atoms with Gasteiger partial charge >= 0.3 is 6.18 Å². The number of halogens is 3. The van der Waals surface area contributed by atoms with Crippen molar-refractivity contribution in [1.29, 1.82) is 0 Å². The lowest BCUT2D eigenvalue weighted by atomic mass is 10.1. The van der Waals surface area contributed by atoms with Crippen LogP contribution >= 0.6 is 0 Å². The van der Waals surface area contributed by atoms with E-state index >= 15 is 0 Å². The summed E-state index contributed by atoms with van der Waals surface area (Å²) in [5, 5.41) is 2.52. The number of rotatable bonds is 8. The topological polar surface area (TPSA) is 110 Å². The number of nitrogens with two attached hydrogens (primary N) is 1. The predicted octanol–water partition coefficient (Wildman–Crippen LogP) is 2.99. The van der Waals surface area contributed by atoms with Gasteiger partial charge in [-0.25, -0.2) is 8.42 Å². The third-order valence-corrected chi connectivity index (χ3v) is 5.29. The predicted molar refractivity (Wildman–Crippen MR) is 106 cm³/mol. The van der Waals surface area contributed by atoms with Gasteiger partial charge in [0.1, 0.15) is 0 Å². The lowest BCUT2D eigenvalue weighted by Gasteiger charge is -2.23. The number of amides is 2. The zero-order valence-corrected chi connectivity index (χ0v) is 16.8. The molecule has 0 aliphatic rings. The van der Waals surface area contributed by atoms with Crippen molar-refractivity contribution in [2.45, 2.75) is 19.0 Å². The Morgan fingerprint density at radius 3 is 2.37 bits per heavy atom. The van der Waals surface area contributed by atoms with E-state index in [0.717, 1.165) is 28.8 Å². The molecule has 2 amide bonds. The molecular formula is C19H20F3N3O4S. The Bertz CT molecular complexity index is 1040. The van der Waals surface area contributed by atoms with Gasteiger partial charge in [0.15, 0.2) is 0 Å². The smallest absolute Gasteiger partial charge is 0.366 e. The normalized spacial score (nSPS) is 11.7. The summed E-state index contributed by atoms with van der Waals surface area (Å²) in [4.78, 5) is 23.5. The van der Waals surface area contributed by atoms with Gasteiger partial charge in [0.05, 0.1) is 28.8 Å². The van der Waals surface area contributed by atoms with E-state index in [0.29, 0.717) is 0 Å². The molecule has 30 heavy (non-hydrogen) atoms. The Morgan fingerprint density at radius 1 is 1.10 bits per heavy atom. The molecule has 0 heterocycles. The first kappa shape index (κ1) is 23.2. The monoisotopic (exact) mass is 443 g/mol. The summed E-state index contributed by atoms with van der Waals surface area (Å²) in [5.41, 5.74) is 4.45. The standard InChI is InChI=1S/C19H20F3N3O4S/c1-30(28,29)25(14-7-4-6-13(12-14)19(20,21)22)11-5-10-17(26)24-16-9-3-2-8-15(16)18(23)27/h2-4,6-9,12H,5,10-11H2,1H3,(H2,23,27)(H,24,26). The van der Waals surface area contributed by atoms with Crippen molar-refractivity contribution in [1.82, 2.24) is 0 Å². The molecule has 0 saturated carbocycles. The first-order chi connectivity index (χ1) is 13.9. The third kappa shape index (κ3) is 6.21. The van der Waals surface area contributed by atoms with Crippen LogP contribution < -0.4 is 15.4 Å². The van der Waals surface area contributed by atoms with E-state index in [1.807, 2.05) is 0 Å². The Morgan fingerprint density at radius 2 is 1.77 bits per heavy atom. The largest absolute Gasteiger partial charge is 0.416 e. The highest BCUT2D eigenvalue weighted by molar-refractivity contribution is 7.92. The summed E-state index contributed by atoms with van der Waals surface area (Å²) < 4.78 is 63.7. The summed E-state index contributed by atoms with van der Waals surface area (Å²) in [6.07, 6.45) is -3.84. The molecule has 7 nitrogen and oxygen atoms in total. The number of primary amides is 1. The molecule has 3 N–H and O–H groups in total. The molecule has 2 aromatic carbocycles. The quantitative estimate of drug-likeness (QED) is 0.654. The van der Waals surface area contributed by atoms with Crippen LogP contribution in [0, 0.1) is 0 Å². The van der Waals surface area contributed by atoms with Crippen molar-refractivity contribution in [2.24, 2.45) is 5.73 Å². The van der Waals surface area contributed by atoms with E-state index in [4.69, 9.17) is 5.73 Å². The highest BCUT2D eigenvalue weighted by Crippen LogP contribution is 2.32. The number of hydrogen-bond acceptors (Lipinski definition) is 4. The van der Waals surface area contributed by atoms with Gasteiger partial charge in [0, 0.05) is 13.0 Å². The minimum Gasteiger partial charge on any atom is -0.366 e. The van der Waals surface area contributed by atoms with Gasteiger partial charge in [-0.05, 0) is 36.8 Å². The van der Waals surface area contributed by atoms with Gasteiger partial charge in [-0.2, -0.15) is 13.2 Å². The van der Waals surface area contributed by atoms with Crippen LogP contribution in [-0.4, -0.2) is 33.0 Å². The highest BCUT2D eigenvalue weighted by atomic mass is 32.2. The Kier molecular flexibility index (Phi) is 7.08. The fourth-order valence-electron chi connectivity index (χ4n) is 2.73. The van der Waals surface area contributed by atoms with Gasteiger partial charge in [0.2, 0.25) is 15.9 Å². The van der Waals surface area contributed by atoms with E-state index in [2.05, 4.69) is 5.32 Å². The van der Waals surface area contributed by atoms with Crippen LogP contribution in [0.3, 0.4) is 0 Å². The van der Waals surface area contributed by atoms with Crippen LogP contribution in [0.25, 0.3) is 0 Å². The van der Waals surface area contributed by atoms with Crippen molar-refractivity contribution in [3.63, 3.8) is 0 Å². The number of nitrogens with zero attached hydrogens (tertiary/aromatic N) is 1. The molecule has 0 radical (unpaired) electrons. The van der Waals surface area contributed by atoms with Gasteiger partial charge in [-0.3, -0.25) is 13.9 Å².